The molecule has 0 atom stereocenters. The number of aromatic nitrogens is 2. The van der Waals surface area contributed by atoms with Crippen molar-refractivity contribution in [1.82, 2.24) is 9.13 Å². The largest absolute Gasteiger partial charge is 0.455 e. The van der Waals surface area contributed by atoms with Crippen molar-refractivity contribution in [3.63, 3.8) is 0 Å². The highest BCUT2D eigenvalue weighted by molar-refractivity contribution is 6.12. The molecule has 1 aliphatic carbocycles. The average Bonchev–Trinajstić information content (AvgIpc) is 3.25. The smallest absolute Gasteiger partial charge is 0.143 e. The summed E-state index contributed by atoms with van der Waals surface area (Å²) in [5, 5.41) is 7.28. The van der Waals surface area contributed by atoms with Gasteiger partial charge in [-0.3, -0.25) is 0 Å². The van der Waals surface area contributed by atoms with Crippen LogP contribution in [-0.2, 0) is 5.41 Å². The number of anilines is 3. The van der Waals surface area contributed by atoms with E-state index < -0.39 is 0 Å². The maximum Gasteiger partial charge on any atom is 0.143 e. The molecule has 0 amide bonds. The quantitative estimate of drug-likeness (QED) is 0.144. The third-order valence-electron chi connectivity index (χ3n) is 18.1. The van der Waals surface area contributed by atoms with E-state index in [1.807, 2.05) is 6.07 Å². The van der Waals surface area contributed by atoms with E-state index >= 15 is 0 Å². The lowest BCUT2D eigenvalue weighted by atomic mass is 9.81. The summed E-state index contributed by atoms with van der Waals surface area (Å²) < 4.78 is 11.3. The molecule has 0 fully saturated rings. The van der Waals surface area contributed by atoms with Crippen LogP contribution in [0.5, 0.6) is 0 Å². The predicted octanol–water partition coefficient (Wildman–Crippen LogP) is 22.2. The molecular weight excluding hydrogens is 1030 g/mol. The molecule has 85 heavy (non-hydrogen) atoms. The fraction of sp³-hybridized carbons (Fsp3) is 0.0370. The standard InChI is InChI=1S/C81H55N3O/c1-81(2)73-49-57(56-38-47-77-72(48-56)68-21-10-13-26-76(68)83(77)59-16-5-3-6-17-59)36-44-65(73)66-46-43-63(51-74(66)81)82(62-41-34-55(35-42-62)64-23-15-24-71-70-22-11-14-27-79(70)85-80(64)71)61-39-32-53(33-40-61)52-28-30-54(31-29-52)58-37-45-69-67-20-9-12-25-75(67)84(78(69)50-58)60-18-7-4-8-19-60/h3-51H,1-2H3. The zero-order valence-electron chi connectivity index (χ0n) is 47.0. The topological polar surface area (TPSA) is 26.2 Å². The first kappa shape index (κ1) is 48.7. The predicted molar refractivity (Wildman–Crippen MR) is 356 cm³/mol. The van der Waals surface area contributed by atoms with Gasteiger partial charge in [-0.25, -0.2) is 0 Å². The molecule has 0 spiro atoms. The van der Waals surface area contributed by atoms with E-state index in [2.05, 4.69) is 319 Å². The summed E-state index contributed by atoms with van der Waals surface area (Å²) in [7, 11) is 0. The maximum atomic E-state index is 6.53. The Morgan fingerprint density at radius 1 is 0.282 bits per heavy atom. The second-order valence-electron chi connectivity index (χ2n) is 23.2. The van der Waals surface area contributed by atoms with Crippen molar-refractivity contribution in [1.29, 1.82) is 0 Å². The molecule has 0 bridgehead atoms. The lowest BCUT2D eigenvalue weighted by Crippen LogP contribution is -2.16. The molecule has 17 rings (SSSR count). The molecule has 0 N–H and O–H groups in total. The van der Waals surface area contributed by atoms with Crippen molar-refractivity contribution in [2.24, 2.45) is 0 Å². The number of hydrogen-bond acceptors (Lipinski definition) is 2. The van der Waals surface area contributed by atoms with Crippen LogP contribution in [0.25, 0.3) is 133 Å². The summed E-state index contributed by atoms with van der Waals surface area (Å²) in [6.07, 6.45) is 0. The highest BCUT2D eigenvalue weighted by Gasteiger charge is 2.36. The molecule has 3 aromatic heterocycles. The molecule has 400 valence electrons. The van der Waals surface area contributed by atoms with Crippen LogP contribution in [0, 0.1) is 0 Å². The van der Waals surface area contributed by atoms with Gasteiger partial charge in [0.25, 0.3) is 0 Å². The Balaban J connectivity index is 0.724. The molecule has 16 aromatic rings. The van der Waals surface area contributed by atoms with Gasteiger partial charge < -0.3 is 18.5 Å². The highest BCUT2D eigenvalue weighted by Crippen LogP contribution is 2.52. The van der Waals surface area contributed by atoms with Crippen LogP contribution in [0.2, 0.25) is 0 Å². The van der Waals surface area contributed by atoms with E-state index in [-0.39, 0.29) is 5.41 Å². The molecule has 3 heterocycles. The van der Waals surface area contributed by atoms with E-state index in [4.69, 9.17) is 4.42 Å². The van der Waals surface area contributed by atoms with E-state index in [1.165, 1.54) is 99.4 Å². The summed E-state index contributed by atoms with van der Waals surface area (Å²) in [5.74, 6) is 0. The van der Waals surface area contributed by atoms with Crippen LogP contribution in [-0.4, -0.2) is 9.13 Å². The number of para-hydroxylation sites is 6. The molecule has 4 nitrogen and oxygen atoms in total. The zero-order valence-corrected chi connectivity index (χ0v) is 47.0. The Kier molecular flexibility index (Phi) is 10.9. The molecule has 4 heteroatoms. The van der Waals surface area contributed by atoms with Crippen molar-refractivity contribution in [2.45, 2.75) is 19.3 Å². The van der Waals surface area contributed by atoms with Gasteiger partial charge in [0, 0.05) is 71.7 Å². The molecule has 1 aliphatic rings. The first-order valence-corrected chi connectivity index (χ1v) is 29.4. The van der Waals surface area contributed by atoms with Gasteiger partial charge in [-0.05, 0) is 164 Å². The van der Waals surface area contributed by atoms with Crippen LogP contribution in [0.4, 0.5) is 17.1 Å². The Labute approximate surface area is 493 Å². The molecule has 13 aromatic carbocycles. The van der Waals surface area contributed by atoms with Gasteiger partial charge in [-0.15, -0.1) is 0 Å². The number of rotatable bonds is 9. The zero-order chi connectivity index (χ0) is 56.3. The molecular formula is C81H55N3O. The van der Waals surface area contributed by atoms with Crippen LogP contribution in [0.1, 0.15) is 25.0 Å². The number of benzene rings is 13. The Morgan fingerprint density at radius 2 is 0.729 bits per heavy atom. The molecule has 0 aliphatic heterocycles. The summed E-state index contributed by atoms with van der Waals surface area (Å²) >= 11 is 0. The van der Waals surface area contributed by atoms with E-state index in [9.17, 15) is 0 Å². The van der Waals surface area contributed by atoms with Crippen molar-refractivity contribution in [2.75, 3.05) is 4.90 Å². The van der Waals surface area contributed by atoms with Crippen molar-refractivity contribution < 1.29 is 4.42 Å². The van der Waals surface area contributed by atoms with Crippen molar-refractivity contribution in [3.05, 3.63) is 308 Å². The van der Waals surface area contributed by atoms with Crippen LogP contribution in [0.15, 0.2) is 302 Å². The fourth-order valence-corrected chi connectivity index (χ4v) is 13.9. The second kappa shape index (κ2) is 19.1. The second-order valence-corrected chi connectivity index (χ2v) is 23.2. The summed E-state index contributed by atoms with van der Waals surface area (Å²) in [4.78, 5) is 2.41. The van der Waals surface area contributed by atoms with Gasteiger partial charge in [-0.2, -0.15) is 0 Å². The minimum atomic E-state index is -0.271. The molecule has 0 radical (unpaired) electrons. The Hall–Kier alpha value is -10.9. The van der Waals surface area contributed by atoms with Crippen molar-refractivity contribution >= 4 is 82.6 Å². The van der Waals surface area contributed by atoms with Crippen LogP contribution in [0.3, 0.4) is 0 Å². The monoisotopic (exact) mass is 1090 g/mol. The lowest BCUT2D eigenvalue weighted by Gasteiger charge is -2.28. The van der Waals surface area contributed by atoms with Crippen molar-refractivity contribution in [3.8, 4) is 67.0 Å². The minimum absolute atomic E-state index is 0.271. The number of nitrogens with zero attached hydrogens (tertiary/aromatic N) is 3. The van der Waals surface area contributed by atoms with Gasteiger partial charge in [0.2, 0.25) is 0 Å². The number of fused-ring (bicyclic) bond motifs is 12. The van der Waals surface area contributed by atoms with Gasteiger partial charge in [-0.1, -0.05) is 208 Å². The average molecular weight is 1090 g/mol. The number of furan rings is 1. The van der Waals surface area contributed by atoms with Crippen LogP contribution >= 0.6 is 0 Å². The summed E-state index contributed by atoms with van der Waals surface area (Å²) in [6.45, 7) is 4.78. The lowest BCUT2D eigenvalue weighted by molar-refractivity contribution is 0.660. The first-order chi connectivity index (χ1) is 41.9. The van der Waals surface area contributed by atoms with Gasteiger partial charge in [0.1, 0.15) is 11.2 Å². The Morgan fingerprint density at radius 3 is 1.41 bits per heavy atom. The SMILES string of the molecule is CC1(C)c2cc(-c3ccc4c(c3)c3ccccc3n4-c3ccccc3)ccc2-c2ccc(N(c3ccc(-c4ccc(-c5ccc6c7ccccc7n(-c7ccccc7)c6c5)cc4)cc3)c3ccc(-c4cccc5c4oc4ccccc45)cc3)cc21. The first-order valence-electron chi connectivity index (χ1n) is 29.4. The molecule has 0 saturated carbocycles. The Bertz CT molecular complexity index is 5300. The third kappa shape index (κ3) is 7.76. The molecule has 0 saturated heterocycles. The number of hydrogen-bond donors (Lipinski definition) is 0. The minimum Gasteiger partial charge on any atom is -0.455 e. The van der Waals surface area contributed by atoms with E-state index in [0.717, 1.165) is 61.4 Å². The fourth-order valence-electron chi connectivity index (χ4n) is 13.9. The summed E-state index contributed by atoms with van der Waals surface area (Å²) in [6, 6.07) is 109. The van der Waals surface area contributed by atoms with E-state index in [0.29, 0.717) is 0 Å². The highest BCUT2D eigenvalue weighted by atomic mass is 16.3. The third-order valence-corrected chi connectivity index (χ3v) is 18.1. The van der Waals surface area contributed by atoms with Crippen LogP contribution < -0.4 is 4.90 Å². The maximum absolute atomic E-state index is 6.53. The van der Waals surface area contributed by atoms with E-state index in [1.54, 1.807) is 0 Å². The summed E-state index contributed by atoms with van der Waals surface area (Å²) in [5.41, 5.74) is 26.5. The normalized spacial score (nSPS) is 12.7. The van der Waals surface area contributed by atoms with Gasteiger partial charge in [0.05, 0.1) is 22.1 Å². The van der Waals surface area contributed by atoms with Gasteiger partial charge in [0.15, 0.2) is 0 Å². The van der Waals surface area contributed by atoms with Gasteiger partial charge >= 0.3 is 0 Å². The molecule has 0 unspecified atom stereocenters.